The van der Waals surface area contributed by atoms with Gasteiger partial charge < -0.3 is 15.0 Å². The Hall–Kier alpha value is -1.95. The number of rotatable bonds is 4. The summed E-state index contributed by atoms with van der Waals surface area (Å²) in [4.78, 5) is 29.5. The van der Waals surface area contributed by atoms with Crippen LogP contribution in [0.3, 0.4) is 0 Å². The van der Waals surface area contributed by atoms with E-state index < -0.39 is 6.04 Å². The summed E-state index contributed by atoms with van der Waals surface area (Å²) in [7, 11) is 0. The van der Waals surface area contributed by atoms with Gasteiger partial charge in [0.2, 0.25) is 5.91 Å². The summed E-state index contributed by atoms with van der Waals surface area (Å²) in [5, 5.41) is 2.87. The highest BCUT2D eigenvalue weighted by molar-refractivity contribution is 5.89. The van der Waals surface area contributed by atoms with Crippen molar-refractivity contribution < 1.29 is 14.3 Å². The summed E-state index contributed by atoms with van der Waals surface area (Å²) in [5.74, 6) is 0.428. The van der Waals surface area contributed by atoms with Crippen LogP contribution in [0, 0.1) is 0 Å². The van der Waals surface area contributed by atoms with E-state index in [1.54, 1.807) is 18.3 Å². The number of anilines is 1. The Morgan fingerprint density at radius 3 is 3.10 bits per heavy atom. The molecule has 1 atom stereocenters. The van der Waals surface area contributed by atoms with Gasteiger partial charge in [-0.15, -0.1) is 0 Å². The van der Waals surface area contributed by atoms with Crippen LogP contribution in [0.15, 0.2) is 18.3 Å². The van der Waals surface area contributed by atoms with E-state index >= 15 is 0 Å². The zero-order chi connectivity index (χ0) is 14.5. The molecule has 108 valence electrons. The monoisotopic (exact) mass is 277 g/mol. The van der Waals surface area contributed by atoms with Crippen molar-refractivity contribution in [1.82, 2.24) is 10.3 Å². The Balaban J connectivity index is 2.26. The van der Waals surface area contributed by atoms with Crippen molar-refractivity contribution in [1.29, 1.82) is 0 Å². The van der Waals surface area contributed by atoms with Crippen LogP contribution < -0.4 is 10.2 Å². The summed E-state index contributed by atoms with van der Waals surface area (Å²) >= 11 is 0. The van der Waals surface area contributed by atoms with Crippen molar-refractivity contribution in [2.24, 2.45) is 0 Å². The first kappa shape index (κ1) is 14.5. The third-order valence-electron chi connectivity index (χ3n) is 3.08. The quantitative estimate of drug-likeness (QED) is 0.817. The number of amides is 1. The highest BCUT2D eigenvalue weighted by Crippen LogP contribution is 2.20. The fraction of sp³-hybridized carbons (Fsp3) is 0.500. The number of aromatic nitrogens is 1. The van der Waals surface area contributed by atoms with Gasteiger partial charge in [-0.25, -0.2) is 4.98 Å². The van der Waals surface area contributed by atoms with Crippen molar-refractivity contribution in [3.05, 3.63) is 23.9 Å². The minimum atomic E-state index is -0.459. The molecule has 1 unspecified atom stereocenters. The molecule has 1 aliphatic heterocycles. The Labute approximate surface area is 118 Å². The van der Waals surface area contributed by atoms with Gasteiger partial charge >= 0.3 is 0 Å². The van der Waals surface area contributed by atoms with Gasteiger partial charge in [0.05, 0.1) is 18.8 Å². The standard InChI is InChI=1S/C14H19N3O3/c1-10(2)16-14(19)12-9-20-7-6-17(12)13-11(8-18)4-3-5-15-13/h3-5,8,10,12H,6-7,9H2,1-2H3,(H,16,19). The van der Waals surface area contributed by atoms with Crippen molar-refractivity contribution in [2.45, 2.75) is 25.9 Å². The summed E-state index contributed by atoms with van der Waals surface area (Å²) in [5.41, 5.74) is 0.483. The lowest BCUT2D eigenvalue weighted by Crippen LogP contribution is -2.55. The van der Waals surface area contributed by atoms with Crippen LogP contribution in [0.4, 0.5) is 5.82 Å². The molecule has 2 heterocycles. The average molecular weight is 277 g/mol. The molecule has 1 aliphatic rings. The summed E-state index contributed by atoms with van der Waals surface area (Å²) < 4.78 is 5.39. The number of nitrogens with one attached hydrogen (secondary N) is 1. The third kappa shape index (κ3) is 3.14. The van der Waals surface area contributed by atoms with Gasteiger partial charge in [0, 0.05) is 18.8 Å². The number of carbonyl (C=O) groups is 2. The number of hydrogen-bond acceptors (Lipinski definition) is 5. The van der Waals surface area contributed by atoms with Crippen LogP contribution in [0.1, 0.15) is 24.2 Å². The summed E-state index contributed by atoms with van der Waals surface area (Å²) in [6.45, 7) is 5.16. The zero-order valence-electron chi connectivity index (χ0n) is 11.7. The number of carbonyl (C=O) groups excluding carboxylic acids is 2. The van der Waals surface area contributed by atoms with E-state index in [4.69, 9.17) is 4.74 Å². The van der Waals surface area contributed by atoms with E-state index in [1.165, 1.54) is 0 Å². The van der Waals surface area contributed by atoms with Gasteiger partial charge in [-0.3, -0.25) is 9.59 Å². The van der Waals surface area contributed by atoms with Gasteiger partial charge in [-0.05, 0) is 26.0 Å². The van der Waals surface area contributed by atoms with Crippen molar-refractivity contribution >= 4 is 18.0 Å². The van der Waals surface area contributed by atoms with Crippen LogP contribution in [0.25, 0.3) is 0 Å². The molecule has 0 bridgehead atoms. The predicted octanol–water partition coefficient (Wildman–Crippen LogP) is 0.624. The molecule has 1 amide bonds. The first-order valence-corrected chi connectivity index (χ1v) is 6.68. The Kier molecular flexibility index (Phi) is 4.68. The molecule has 0 saturated carbocycles. The summed E-state index contributed by atoms with van der Waals surface area (Å²) in [6, 6.07) is 3.00. The first-order valence-electron chi connectivity index (χ1n) is 6.68. The maximum absolute atomic E-state index is 12.2. The maximum atomic E-state index is 12.2. The Morgan fingerprint density at radius 1 is 1.60 bits per heavy atom. The van der Waals surface area contributed by atoms with Gasteiger partial charge in [-0.2, -0.15) is 0 Å². The Morgan fingerprint density at radius 2 is 2.40 bits per heavy atom. The van der Waals surface area contributed by atoms with Crippen molar-refractivity contribution in [2.75, 3.05) is 24.7 Å². The average Bonchev–Trinajstić information content (AvgIpc) is 2.46. The normalized spacial score (nSPS) is 18.9. The van der Waals surface area contributed by atoms with E-state index in [9.17, 15) is 9.59 Å². The molecule has 1 N–H and O–H groups in total. The van der Waals surface area contributed by atoms with Crippen molar-refractivity contribution in [3.63, 3.8) is 0 Å². The molecule has 0 radical (unpaired) electrons. The maximum Gasteiger partial charge on any atom is 0.245 e. The molecule has 20 heavy (non-hydrogen) atoms. The lowest BCUT2D eigenvalue weighted by molar-refractivity contribution is -0.125. The molecule has 0 aliphatic carbocycles. The molecule has 2 rings (SSSR count). The largest absolute Gasteiger partial charge is 0.377 e. The number of ether oxygens (including phenoxy) is 1. The van der Waals surface area contributed by atoms with Gasteiger partial charge in [0.15, 0.2) is 6.29 Å². The molecule has 1 saturated heterocycles. The van der Waals surface area contributed by atoms with Crippen LogP contribution in [-0.4, -0.2) is 49.0 Å². The molecular weight excluding hydrogens is 258 g/mol. The molecule has 6 heteroatoms. The first-order chi connectivity index (χ1) is 9.63. The number of pyridine rings is 1. The minimum Gasteiger partial charge on any atom is -0.377 e. The number of nitrogens with zero attached hydrogens (tertiary/aromatic N) is 2. The molecule has 0 aromatic carbocycles. The lowest BCUT2D eigenvalue weighted by atomic mass is 10.1. The third-order valence-corrected chi connectivity index (χ3v) is 3.08. The summed E-state index contributed by atoms with van der Waals surface area (Å²) in [6.07, 6.45) is 2.38. The smallest absolute Gasteiger partial charge is 0.245 e. The van der Waals surface area contributed by atoms with Crippen LogP contribution in [0.2, 0.25) is 0 Å². The SMILES string of the molecule is CC(C)NC(=O)C1COCCN1c1ncccc1C=O. The van der Waals surface area contributed by atoms with Crippen LogP contribution in [-0.2, 0) is 9.53 Å². The molecular formula is C14H19N3O3. The minimum absolute atomic E-state index is 0.0561. The van der Waals surface area contributed by atoms with Crippen LogP contribution >= 0.6 is 0 Å². The van der Waals surface area contributed by atoms with Gasteiger partial charge in [0.25, 0.3) is 0 Å². The molecule has 6 nitrogen and oxygen atoms in total. The van der Waals surface area contributed by atoms with E-state index in [-0.39, 0.29) is 11.9 Å². The zero-order valence-corrected chi connectivity index (χ0v) is 11.7. The molecule has 1 fully saturated rings. The Bertz CT molecular complexity index is 490. The second-order valence-electron chi connectivity index (χ2n) is 4.98. The number of hydrogen-bond donors (Lipinski definition) is 1. The van der Waals surface area contributed by atoms with E-state index in [0.717, 1.165) is 6.29 Å². The van der Waals surface area contributed by atoms with Crippen LogP contribution in [0.5, 0.6) is 0 Å². The highest BCUT2D eigenvalue weighted by Gasteiger charge is 2.31. The lowest BCUT2D eigenvalue weighted by Gasteiger charge is -2.36. The van der Waals surface area contributed by atoms with Gasteiger partial charge in [-0.1, -0.05) is 0 Å². The van der Waals surface area contributed by atoms with E-state index in [2.05, 4.69) is 10.3 Å². The number of morpholine rings is 1. The van der Waals surface area contributed by atoms with Crippen molar-refractivity contribution in [3.8, 4) is 0 Å². The highest BCUT2D eigenvalue weighted by atomic mass is 16.5. The molecule has 0 spiro atoms. The molecule has 1 aromatic heterocycles. The van der Waals surface area contributed by atoms with E-state index in [1.807, 2.05) is 18.7 Å². The molecule has 1 aromatic rings. The fourth-order valence-corrected chi connectivity index (χ4v) is 2.20. The predicted molar refractivity (Wildman–Crippen MR) is 74.9 cm³/mol. The van der Waals surface area contributed by atoms with E-state index in [0.29, 0.717) is 31.1 Å². The second-order valence-corrected chi connectivity index (χ2v) is 4.98. The van der Waals surface area contributed by atoms with Gasteiger partial charge in [0.1, 0.15) is 11.9 Å². The second kappa shape index (κ2) is 6.47. The number of aldehydes is 1. The topological polar surface area (TPSA) is 71.5 Å². The fourth-order valence-electron chi connectivity index (χ4n) is 2.20.